The second-order valence-electron chi connectivity index (χ2n) is 4.80. The molecule has 1 aliphatic rings. The molecular weight excluding hydrogens is 231 g/mol. The van der Waals surface area contributed by atoms with Gasteiger partial charge < -0.3 is 15.0 Å². The molecule has 1 saturated heterocycles. The van der Waals surface area contributed by atoms with E-state index in [0.29, 0.717) is 18.3 Å². The van der Waals surface area contributed by atoms with Crippen molar-refractivity contribution in [1.82, 2.24) is 5.32 Å². The van der Waals surface area contributed by atoms with Crippen LogP contribution in [0, 0.1) is 11.7 Å². The molecule has 0 amide bonds. The summed E-state index contributed by atoms with van der Waals surface area (Å²) in [5, 5.41) is 3.38. The lowest BCUT2D eigenvalue weighted by Crippen LogP contribution is -2.29. The van der Waals surface area contributed by atoms with E-state index >= 15 is 0 Å². The van der Waals surface area contributed by atoms with Gasteiger partial charge in [-0.15, -0.1) is 0 Å². The van der Waals surface area contributed by atoms with Gasteiger partial charge in [0, 0.05) is 31.4 Å². The first-order valence-corrected chi connectivity index (χ1v) is 6.58. The normalized spacial score (nSPS) is 20.6. The van der Waals surface area contributed by atoms with Gasteiger partial charge in [-0.3, -0.25) is 0 Å². The Morgan fingerprint density at radius 1 is 1.50 bits per heavy atom. The average molecular weight is 252 g/mol. The van der Waals surface area contributed by atoms with Gasteiger partial charge in [-0.05, 0) is 31.5 Å². The summed E-state index contributed by atoms with van der Waals surface area (Å²) in [6.45, 7) is 8.39. The van der Waals surface area contributed by atoms with E-state index in [1.165, 1.54) is 0 Å². The lowest BCUT2D eigenvalue weighted by Gasteiger charge is -2.24. The van der Waals surface area contributed by atoms with Gasteiger partial charge in [-0.1, -0.05) is 6.92 Å². The summed E-state index contributed by atoms with van der Waals surface area (Å²) < 4.78 is 19.0. The average Bonchev–Trinajstić information content (AvgIpc) is 2.57. The minimum absolute atomic E-state index is 0.279. The highest BCUT2D eigenvalue weighted by Gasteiger charge is 2.16. The van der Waals surface area contributed by atoms with Crippen LogP contribution in [-0.2, 0) is 0 Å². The summed E-state index contributed by atoms with van der Waals surface area (Å²) in [5.41, 5.74) is 0.937. The Hall–Kier alpha value is -1.29. The van der Waals surface area contributed by atoms with Crippen LogP contribution in [0.2, 0.25) is 0 Å². The van der Waals surface area contributed by atoms with E-state index in [0.717, 1.165) is 31.9 Å². The molecule has 1 atom stereocenters. The topological polar surface area (TPSA) is 24.5 Å². The van der Waals surface area contributed by atoms with Crippen molar-refractivity contribution < 1.29 is 9.13 Å². The number of hydrogen-bond acceptors (Lipinski definition) is 3. The van der Waals surface area contributed by atoms with Crippen LogP contribution in [0.5, 0.6) is 5.75 Å². The number of nitrogens with zero attached hydrogens (tertiary/aromatic N) is 1. The van der Waals surface area contributed by atoms with Gasteiger partial charge >= 0.3 is 0 Å². The maximum absolute atomic E-state index is 13.8. The molecule has 1 N–H and O–H groups in total. The van der Waals surface area contributed by atoms with Gasteiger partial charge in [-0.2, -0.15) is 0 Å². The Bertz CT molecular complexity index is 397. The summed E-state index contributed by atoms with van der Waals surface area (Å²) in [5.74, 6) is 0.628. The molecule has 0 spiro atoms. The Kier molecular flexibility index (Phi) is 4.42. The maximum atomic E-state index is 13.8. The van der Waals surface area contributed by atoms with Crippen molar-refractivity contribution in [2.45, 2.75) is 13.8 Å². The highest BCUT2D eigenvalue weighted by molar-refractivity contribution is 5.50. The van der Waals surface area contributed by atoms with E-state index in [4.69, 9.17) is 4.74 Å². The fraction of sp³-hybridized carbons (Fsp3) is 0.571. The van der Waals surface area contributed by atoms with Gasteiger partial charge in [-0.25, -0.2) is 4.39 Å². The lowest BCUT2D eigenvalue weighted by molar-refractivity contribution is 0.321. The molecule has 0 saturated carbocycles. The highest BCUT2D eigenvalue weighted by atomic mass is 19.1. The zero-order chi connectivity index (χ0) is 13.0. The van der Waals surface area contributed by atoms with Crippen molar-refractivity contribution in [3.63, 3.8) is 0 Å². The third kappa shape index (κ3) is 3.13. The lowest BCUT2D eigenvalue weighted by atomic mass is 10.1. The van der Waals surface area contributed by atoms with Crippen molar-refractivity contribution >= 4 is 5.69 Å². The zero-order valence-electron chi connectivity index (χ0n) is 11.1. The van der Waals surface area contributed by atoms with Crippen LogP contribution in [0.1, 0.15) is 13.8 Å². The van der Waals surface area contributed by atoms with Crippen molar-refractivity contribution in [2.24, 2.45) is 5.92 Å². The van der Waals surface area contributed by atoms with E-state index in [9.17, 15) is 4.39 Å². The summed E-state index contributed by atoms with van der Waals surface area (Å²) in [7, 11) is 0. The SMILES string of the molecule is CCOc1ccc(N2CCNCC(C)C2)cc1F. The molecule has 0 bridgehead atoms. The third-order valence-corrected chi connectivity index (χ3v) is 3.16. The zero-order valence-corrected chi connectivity index (χ0v) is 11.1. The minimum atomic E-state index is -0.279. The van der Waals surface area contributed by atoms with E-state index in [2.05, 4.69) is 17.1 Å². The summed E-state index contributed by atoms with van der Waals surface area (Å²) >= 11 is 0. The van der Waals surface area contributed by atoms with Gasteiger partial charge in [0.25, 0.3) is 0 Å². The van der Waals surface area contributed by atoms with Gasteiger partial charge in [0.05, 0.1) is 6.61 Å². The number of benzene rings is 1. The largest absolute Gasteiger partial charge is 0.491 e. The van der Waals surface area contributed by atoms with Gasteiger partial charge in [0.2, 0.25) is 0 Å². The number of hydrogen-bond donors (Lipinski definition) is 1. The standard InChI is InChI=1S/C14H21FN2O/c1-3-18-14-5-4-12(8-13(14)15)17-7-6-16-9-11(2)10-17/h4-5,8,11,16H,3,6-7,9-10H2,1-2H3. The molecule has 18 heavy (non-hydrogen) atoms. The molecule has 0 aliphatic carbocycles. The first-order valence-electron chi connectivity index (χ1n) is 6.58. The molecule has 100 valence electrons. The molecule has 1 fully saturated rings. The van der Waals surface area contributed by atoms with Crippen molar-refractivity contribution in [2.75, 3.05) is 37.7 Å². The number of rotatable bonds is 3. The summed E-state index contributed by atoms with van der Waals surface area (Å²) in [6.07, 6.45) is 0. The van der Waals surface area contributed by atoms with Crippen molar-refractivity contribution in [3.05, 3.63) is 24.0 Å². The summed E-state index contributed by atoms with van der Waals surface area (Å²) in [6, 6.07) is 5.23. The van der Waals surface area contributed by atoms with Crippen LogP contribution in [0.3, 0.4) is 0 Å². The van der Waals surface area contributed by atoms with Crippen LogP contribution in [0.4, 0.5) is 10.1 Å². The Morgan fingerprint density at radius 2 is 2.33 bits per heavy atom. The molecule has 3 nitrogen and oxygen atoms in total. The fourth-order valence-corrected chi connectivity index (χ4v) is 2.29. The Labute approximate surface area is 108 Å². The van der Waals surface area contributed by atoms with E-state index in [1.807, 2.05) is 13.0 Å². The number of ether oxygens (including phenoxy) is 1. The van der Waals surface area contributed by atoms with E-state index in [1.54, 1.807) is 12.1 Å². The second-order valence-corrected chi connectivity index (χ2v) is 4.80. The summed E-state index contributed by atoms with van der Waals surface area (Å²) in [4.78, 5) is 2.23. The van der Waals surface area contributed by atoms with Crippen LogP contribution in [0.25, 0.3) is 0 Å². The predicted octanol–water partition coefficient (Wildman–Crippen LogP) is 2.27. The molecule has 1 unspecified atom stereocenters. The van der Waals surface area contributed by atoms with E-state index < -0.39 is 0 Å². The first-order chi connectivity index (χ1) is 8.70. The smallest absolute Gasteiger partial charge is 0.167 e. The Balaban J connectivity index is 2.14. The number of halogens is 1. The molecule has 0 radical (unpaired) electrons. The predicted molar refractivity (Wildman–Crippen MR) is 71.8 cm³/mol. The van der Waals surface area contributed by atoms with Crippen LogP contribution in [0.15, 0.2) is 18.2 Å². The molecule has 1 aromatic carbocycles. The van der Waals surface area contributed by atoms with Crippen molar-refractivity contribution in [1.29, 1.82) is 0 Å². The number of anilines is 1. The molecular formula is C14H21FN2O. The molecule has 2 rings (SSSR count). The van der Waals surface area contributed by atoms with E-state index in [-0.39, 0.29) is 5.82 Å². The Morgan fingerprint density at radius 3 is 3.06 bits per heavy atom. The monoisotopic (exact) mass is 252 g/mol. The number of nitrogens with one attached hydrogen (secondary N) is 1. The first kappa shape index (κ1) is 13.1. The van der Waals surface area contributed by atoms with Gasteiger partial charge in [0.1, 0.15) is 0 Å². The van der Waals surface area contributed by atoms with Crippen LogP contribution in [-0.4, -0.2) is 32.8 Å². The highest BCUT2D eigenvalue weighted by Crippen LogP contribution is 2.24. The minimum Gasteiger partial charge on any atom is -0.491 e. The third-order valence-electron chi connectivity index (χ3n) is 3.16. The van der Waals surface area contributed by atoms with Crippen LogP contribution < -0.4 is 15.0 Å². The molecule has 1 aliphatic heterocycles. The quantitative estimate of drug-likeness (QED) is 0.893. The van der Waals surface area contributed by atoms with Gasteiger partial charge in [0.15, 0.2) is 11.6 Å². The molecule has 4 heteroatoms. The maximum Gasteiger partial charge on any atom is 0.167 e. The molecule has 1 heterocycles. The molecule has 1 aromatic rings. The van der Waals surface area contributed by atoms with Crippen molar-refractivity contribution in [3.8, 4) is 5.75 Å². The van der Waals surface area contributed by atoms with Crippen LogP contribution >= 0.6 is 0 Å². The second kappa shape index (κ2) is 6.05. The molecule has 0 aromatic heterocycles. The fourth-order valence-electron chi connectivity index (χ4n) is 2.29.